The van der Waals surface area contributed by atoms with Gasteiger partial charge in [0.15, 0.2) is 0 Å². The van der Waals surface area contributed by atoms with Gasteiger partial charge < -0.3 is 5.32 Å². The molecule has 0 aliphatic carbocycles. The van der Waals surface area contributed by atoms with Gasteiger partial charge in [-0.25, -0.2) is 15.0 Å². The van der Waals surface area contributed by atoms with E-state index in [4.69, 9.17) is 11.6 Å². The third-order valence-corrected chi connectivity index (χ3v) is 3.82. The van der Waals surface area contributed by atoms with Crippen molar-refractivity contribution >= 4 is 44.7 Å². The molecule has 0 saturated carbocycles. The van der Waals surface area contributed by atoms with Gasteiger partial charge in [-0.05, 0) is 18.2 Å². The predicted molar refractivity (Wildman–Crippen MR) is 84.0 cm³/mol. The quantitative estimate of drug-likeness (QED) is 0.718. The lowest BCUT2D eigenvalue weighted by Gasteiger charge is -2.09. The number of hydrogen-bond acceptors (Lipinski definition) is 5. The lowest BCUT2D eigenvalue weighted by molar-refractivity contribution is 0.776. The zero-order chi connectivity index (χ0) is 14.1. The molecule has 0 aliphatic rings. The molecule has 20 heavy (non-hydrogen) atoms. The normalized spacial score (nSPS) is 11.2. The van der Waals surface area contributed by atoms with Crippen molar-refractivity contribution in [3.8, 4) is 0 Å². The number of halogens is 1. The van der Waals surface area contributed by atoms with Crippen LogP contribution in [0, 0.1) is 0 Å². The number of hydrogen-bond donors (Lipinski definition) is 1. The van der Waals surface area contributed by atoms with Crippen molar-refractivity contribution in [2.45, 2.75) is 19.8 Å². The number of aromatic nitrogens is 3. The molecule has 1 aromatic carbocycles. The highest BCUT2D eigenvalue weighted by atomic mass is 35.5. The van der Waals surface area contributed by atoms with Gasteiger partial charge in [-0.2, -0.15) is 0 Å². The van der Waals surface area contributed by atoms with Crippen LogP contribution in [0.4, 0.5) is 11.5 Å². The minimum absolute atomic E-state index is 0.234. The average Bonchev–Trinajstić information content (AvgIpc) is 2.85. The summed E-state index contributed by atoms with van der Waals surface area (Å²) >= 11 is 7.65. The Balaban J connectivity index is 1.93. The highest BCUT2D eigenvalue weighted by Crippen LogP contribution is 2.25. The standard InChI is InChI=1S/C14H13ClN4S/c1-8(2)14-18-12(15)6-13(19-14)17-9-3-4-10-11(5-9)20-7-16-10/h3-8H,1-2H3,(H,17,18,19). The van der Waals surface area contributed by atoms with Crippen LogP contribution in [-0.4, -0.2) is 15.0 Å². The molecule has 0 spiro atoms. The van der Waals surface area contributed by atoms with E-state index in [1.807, 2.05) is 31.5 Å². The van der Waals surface area contributed by atoms with Crippen LogP contribution in [0.25, 0.3) is 10.2 Å². The molecule has 3 rings (SSSR count). The Hall–Kier alpha value is -1.72. The number of nitrogens with one attached hydrogen (secondary N) is 1. The lowest BCUT2D eigenvalue weighted by Crippen LogP contribution is -2.02. The van der Waals surface area contributed by atoms with Crippen LogP contribution in [-0.2, 0) is 0 Å². The van der Waals surface area contributed by atoms with E-state index in [1.165, 1.54) is 0 Å². The van der Waals surface area contributed by atoms with E-state index in [0.717, 1.165) is 21.7 Å². The maximum absolute atomic E-state index is 6.04. The van der Waals surface area contributed by atoms with Crippen molar-refractivity contribution in [2.75, 3.05) is 5.32 Å². The van der Waals surface area contributed by atoms with Gasteiger partial charge in [0, 0.05) is 17.7 Å². The van der Waals surface area contributed by atoms with E-state index < -0.39 is 0 Å². The Morgan fingerprint density at radius 3 is 2.85 bits per heavy atom. The summed E-state index contributed by atoms with van der Waals surface area (Å²) in [6.07, 6.45) is 0. The zero-order valence-corrected chi connectivity index (χ0v) is 12.7. The highest BCUT2D eigenvalue weighted by molar-refractivity contribution is 7.16. The van der Waals surface area contributed by atoms with E-state index in [1.54, 1.807) is 17.4 Å². The molecule has 0 radical (unpaired) electrons. The molecule has 2 heterocycles. The summed E-state index contributed by atoms with van der Waals surface area (Å²) in [5, 5.41) is 3.71. The summed E-state index contributed by atoms with van der Waals surface area (Å²) in [6.45, 7) is 4.08. The summed E-state index contributed by atoms with van der Waals surface area (Å²) < 4.78 is 1.14. The van der Waals surface area contributed by atoms with Crippen LogP contribution in [0.3, 0.4) is 0 Å². The SMILES string of the molecule is CC(C)c1nc(Cl)cc(Nc2ccc3ncsc3c2)n1. The Bertz CT molecular complexity index is 754. The van der Waals surface area contributed by atoms with Crippen LogP contribution in [0.5, 0.6) is 0 Å². The van der Waals surface area contributed by atoms with Crippen LogP contribution < -0.4 is 5.32 Å². The van der Waals surface area contributed by atoms with Gasteiger partial charge in [0.1, 0.15) is 16.8 Å². The number of thiazole rings is 1. The molecule has 0 amide bonds. The Kier molecular flexibility index (Phi) is 3.54. The van der Waals surface area contributed by atoms with E-state index in [-0.39, 0.29) is 5.92 Å². The number of nitrogens with zero attached hydrogens (tertiary/aromatic N) is 3. The molecule has 0 atom stereocenters. The Morgan fingerprint density at radius 1 is 1.20 bits per heavy atom. The molecule has 0 saturated heterocycles. The van der Waals surface area contributed by atoms with E-state index >= 15 is 0 Å². The number of fused-ring (bicyclic) bond motifs is 1. The molecule has 4 nitrogen and oxygen atoms in total. The van der Waals surface area contributed by atoms with Crippen molar-refractivity contribution in [1.29, 1.82) is 0 Å². The summed E-state index contributed by atoms with van der Waals surface area (Å²) in [7, 11) is 0. The molecule has 3 aromatic rings. The second-order valence-corrected chi connectivity index (χ2v) is 6.02. The summed E-state index contributed by atoms with van der Waals surface area (Å²) in [4.78, 5) is 13.0. The summed E-state index contributed by atoms with van der Waals surface area (Å²) in [6, 6.07) is 7.75. The summed E-state index contributed by atoms with van der Waals surface area (Å²) in [5.41, 5.74) is 3.81. The van der Waals surface area contributed by atoms with Gasteiger partial charge in [0.2, 0.25) is 0 Å². The Labute approximate surface area is 125 Å². The first-order chi connectivity index (χ1) is 9.61. The number of benzene rings is 1. The van der Waals surface area contributed by atoms with Crippen molar-refractivity contribution in [2.24, 2.45) is 0 Å². The van der Waals surface area contributed by atoms with Crippen LogP contribution in [0.2, 0.25) is 5.15 Å². The average molecular weight is 305 g/mol. The molecule has 0 fully saturated rings. The van der Waals surface area contributed by atoms with E-state index in [9.17, 15) is 0 Å². The van der Waals surface area contributed by atoms with E-state index in [2.05, 4.69) is 26.3 Å². The zero-order valence-electron chi connectivity index (χ0n) is 11.1. The molecule has 0 aliphatic heterocycles. The van der Waals surface area contributed by atoms with Crippen molar-refractivity contribution in [1.82, 2.24) is 15.0 Å². The minimum atomic E-state index is 0.234. The molecule has 1 N–H and O–H groups in total. The van der Waals surface area contributed by atoms with Gasteiger partial charge in [0.05, 0.1) is 15.7 Å². The van der Waals surface area contributed by atoms with E-state index in [0.29, 0.717) is 11.0 Å². The molecule has 6 heteroatoms. The first kappa shape index (κ1) is 13.3. The van der Waals surface area contributed by atoms with Gasteiger partial charge in [-0.1, -0.05) is 25.4 Å². The monoisotopic (exact) mass is 304 g/mol. The number of anilines is 2. The summed E-state index contributed by atoms with van der Waals surface area (Å²) in [5.74, 6) is 1.68. The maximum Gasteiger partial charge on any atom is 0.135 e. The van der Waals surface area contributed by atoms with Crippen LogP contribution in [0.1, 0.15) is 25.6 Å². The molecule has 0 bridgehead atoms. The molecular weight excluding hydrogens is 292 g/mol. The molecular formula is C14H13ClN4S. The topological polar surface area (TPSA) is 50.7 Å². The second-order valence-electron chi connectivity index (χ2n) is 4.75. The molecule has 102 valence electrons. The van der Waals surface area contributed by atoms with Crippen molar-refractivity contribution < 1.29 is 0 Å². The van der Waals surface area contributed by atoms with Gasteiger partial charge >= 0.3 is 0 Å². The van der Waals surface area contributed by atoms with Crippen LogP contribution in [0.15, 0.2) is 29.8 Å². The number of rotatable bonds is 3. The maximum atomic E-state index is 6.04. The fraction of sp³-hybridized carbons (Fsp3) is 0.214. The third kappa shape index (κ3) is 2.73. The third-order valence-electron chi connectivity index (χ3n) is 2.83. The second kappa shape index (κ2) is 5.34. The fourth-order valence-corrected chi connectivity index (χ4v) is 2.74. The largest absolute Gasteiger partial charge is 0.340 e. The Morgan fingerprint density at radius 2 is 2.05 bits per heavy atom. The van der Waals surface area contributed by atoms with Gasteiger partial charge in [-0.3, -0.25) is 0 Å². The van der Waals surface area contributed by atoms with Gasteiger partial charge in [0.25, 0.3) is 0 Å². The minimum Gasteiger partial charge on any atom is -0.340 e. The van der Waals surface area contributed by atoms with Gasteiger partial charge in [-0.15, -0.1) is 11.3 Å². The molecule has 2 aromatic heterocycles. The fourth-order valence-electron chi connectivity index (χ4n) is 1.84. The van der Waals surface area contributed by atoms with Crippen molar-refractivity contribution in [3.63, 3.8) is 0 Å². The first-order valence-corrected chi connectivity index (χ1v) is 7.52. The smallest absolute Gasteiger partial charge is 0.135 e. The highest BCUT2D eigenvalue weighted by Gasteiger charge is 2.07. The van der Waals surface area contributed by atoms with Crippen LogP contribution >= 0.6 is 22.9 Å². The lowest BCUT2D eigenvalue weighted by atomic mass is 10.2. The predicted octanol–water partition coefficient (Wildman–Crippen LogP) is 4.61. The first-order valence-electron chi connectivity index (χ1n) is 6.26. The molecule has 0 unspecified atom stereocenters. The van der Waals surface area contributed by atoms with Crippen molar-refractivity contribution in [3.05, 3.63) is 40.8 Å².